The first kappa shape index (κ1) is 16.9. The van der Waals surface area contributed by atoms with Crippen LogP contribution >= 0.6 is 0 Å². The fourth-order valence-electron chi connectivity index (χ4n) is 2.29. The molecule has 1 amide bonds. The summed E-state index contributed by atoms with van der Waals surface area (Å²) in [6.45, 7) is 2.67. The summed E-state index contributed by atoms with van der Waals surface area (Å²) >= 11 is 0. The smallest absolute Gasteiger partial charge is 0.308 e. The van der Waals surface area contributed by atoms with Crippen molar-refractivity contribution in [2.75, 3.05) is 6.26 Å². The second kappa shape index (κ2) is 6.11. The largest absolute Gasteiger partial charge is 0.481 e. The van der Waals surface area contributed by atoms with Gasteiger partial charge in [0.05, 0.1) is 5.92 Å². The van der Waals surface area contributed by atoms with Crippen LogP contribution < -0.4 is 5.32 Å². The molecule has 2 N–H and O–H groups in total. The van der Waals surface area contributed by atoms with Crippen molar-refractivity contribution >= 4 is 21.7 Å². The number of carboxylic acids is 1. The van der Waals surface area contributed by atoms with Gasteiger partial charge in [-0.1, -0.05) is 19.3 Å². The third-order valence-corrected chi connectivity index (χ3v) is 6.16. The lowest BCUT2D eigenvalue weighted by Gasteiger charge is -2.28. The number of rotatable bonds is 4. The molecule has 20 heavy (non-hydrogen) atoms. The van der Waals surface area contributed by atoms with Crippen molar-refractivity contribution in [1.82, 2.24) is 5.32 Å². The zero-order chi connectivity index (χ0) is 15.6. The Morgan fingerprint density at radius 3 is 2.20 bits per heavy atom. The molecule has 0 aromatic heterocycles. The average molecular weight is 305 g/mol. The van der Waals surface area contributed by atoms with Crippen molar-refractivity contribution in [1.29, 1.82) is 0 Å². The number of hydrogen-bond acceptors (Lipinski definition) is 4. The lowest BCUT2D eigenvalue weighted by Crippen LogP contribution is -2.53. The zero-order valence-corrected chi connectivity index (χ0v) is 13.0. The zero-order valence-electron chi connectivity index (χ0n) is 12.2. The van der Waals surface area contributed by atoms with Crippen molar-refractivity contribution in [2.45, 2.75) is 56.7 Å². The summed E-state index contributed by atoms with van der Waals surface area (Å²) in [5.74, 6) is -2.20. The number of sulfone groups is 1. The van der Waals surface area contributed by atoms with E-state index in [-0.39, 0.29) is 0 Å². The van der Waals surface area contributed by atoms with E-state index in [1.165, 1.54) is 13.8 Å². The highest BCUT2D eigenvalue weighted by Gasteiger charge is 2.41. The van der Waals surface area contributed by atoms with E-state index in [1.807, 2.05) is 0 Å². The van der Waals surface area contributed by atoms with E-state index in [2.05, 4.69) is 5.32 Å². The molecule has 6 nitrogen and oxygen atoms in total. The quantitative estimate of drug-likeness (QED) is 0.753. The van der Waals surface area contributed by atoms with E-state index in [0.717, 1.165) is 25.5 Å². The predicted molar refractivity (Wildman–Crippen MR) is 75.1 cm³/mol. The molecule has 1 aliphatic carbocycles. The Bertz CT molecular complexity index is 483. The van der Waals surface area contributed by atoms with Crippen LogP contribution in [0.4, 0.5) is 0 Å². The molecule has 1 saturated carbocycles. The molecule has 0 aliphatic heterocycles. The van der Waals surface area contributed by atoms with Gasteiger partial charge in [-0.15, -0.1) is 0 Å². The van der Waals surface area contributed by atoms with Crippen LogP contribution in [-0.2, 0) is 19.4 Å². The highest BCUT2D eigenvalue weighted by molar-refractivity contribution is 7.92. The predicted octanol–water partition coefficient (Wildman–Crippen LogP) is 0.959. The average Bonchev–Trinajstić information content (AvgIpc) is 2.52. The van der Waals surface area contributed by atoms with E-state index in [1.54, 1.807) is 0 Å². The van der Waals surface area contributed by atoms with Crippen LogP contribution in [0.1, 0.15) is 46.0 Å². The molecule has 1 fully saturated rings. The van der Waals surface area contributed by atoms with Crippen LogP contribution in [0.25, 0.3) is 0 Å². The minimum Gasteiger partial charge on any atom is -0.481 e. The maximum absolute atomic E-state index is 12.2. The standard InChI is InChI=1S/C13H23NO5S/c1-13(2,20(3,18)19)12(17)14-10-8-6-4-5-7-9(10)11(15)16/h9-10H,4-8H2,1-3H3,(H,14,17)(H,15,16). The van der Waals surface area contributed by atoms with Crippen molar-refractivity contribution < 1.29 is 23.1 Å². The van der Waals surface area contributed by atoms with Crippen LogP contribution in [0.15, 0.2) is 0 Å². The third-order valence-electron chi connectivity index (χ3n) is 4.12. The molecule has 0 bridgehead atoms. The Morgan fingerprint density at radius 1 is 1.15 bits per heavy atom. The van der Waals surface area contributed by atoms with Gasteiger partial charge in [0, 0.05) is 12.3 Å². The molecule has 2 unspecified atom stereocenters. The van der Waals surface area contributed by atoms with Gasteiger partial charge in [0.2, 0.25) is 5.91 Å². The summed E-state index contributed by atoms with van der Waals surface area (Å²) in [5, 5.41) is 11.9. The first-order valence-corrected chi connectivity index (χ1v) is 8.70. The van der Waals surface area contributed by atoms with E-state index in [0.29, 0.717) is 12.8 Å². The molecule has 0 aromatic carbocycles. The van der Waals surface area contributed by atoms with Crippen molar-refractivity contribution in [3.05, 3.63) is 0 Å². The Morgan fingerprint density at radius 2 is 1.70 bits per heavy atom. The summed E-state index contributed by atoms with van der Waals surface area (Å²) < 4.78 is 21.7. The molecule has 1 rings (SSSR count). The maximum Gasteiger partial charge on any atom is 0.308 e. The second-order valence-electron chi connectivity index (χ2n) is 5.95. The van der Waals surface area contributed by atoms with Gasteiger partial charge in [-0.25, -0.2) is 8.42 Å². The summed E-state index contributed by atoms with van der Waals surface area (Å²) in [7, 11) is -3.56. The summed E-state index contributed by atoms with van der Waals surface area (Å²) in [5.41, 5.74) is 0. The molecule has 2 atom stereocenters. The topological polar surface area (TPSA) is 101 Å². The van der Waals surface area contributed by atoms with Gasteiger partial charge in [0.1, 0.15) is 4.75 Å². The minimum atomic E-state index is -3.56. The number of carboxylic acid groups (broad SMARTS) is 1. The van der Waals surface area contributed by atoms with E-state index in [4.69, 9.17) is 0 Å². The molecule has 0 radical (unpaired) electrons. The first-order chi connectivity index (χ1) is 9.07. The lowest BCUT2D eigenvalue weighted by molar-refractivity contribution is -0.143. The van der Waals surface area contributed by atoms with Crippen molar-refractivity contribution in [3.63, 3.8) is 0 Å². The van der Waals surface area contributed by atoms with E-state index < -0.39 is 38.4 Å². The lowest BCUT2D eigenvalue weighted by atomic mass is 9.94. The fourth-order valence-corrected chi connectivity index (χ4v) is 2.68. The van der Waals surface area contributed by atoms with Gasteiger partial charge in [-0.2, -0.15) is 0 Å². The molecule has 0 heterocycles. The van der Waals surface area contributed by atoms with Gasteiger partial charge in [0.25, 0.3) is 0 Å². The van der Waals surface area contributed by atoms with Crippen LogP contribution in [0.3, 0.4) is 0 Å². The van der Waals surface area contributed by atoms with Crippen molar-refractivity contribution in [2.24, 2.45) is 5.92 Å². The molecule has 0 spiro atoms. The summed E-state index contributed by atoms with van der Waals surface area (Å²) in [6.07, 6.45) is 4.69. The maximum atomic E-state index is 12.2. The van der Waals surface area contributed by atoms with Gasteiger partial charge in [-0.3, -0.25) is 9.59 Å². The van der Waals surface area contributed by atoms with E-state index in [9.17, 15) is 23.1 Å². The molecule has 1 aliphatic rings. The molecule has 116 valence electrons. The van der Waals surface area contributed by atoms with Crippen LogP contribution in [0.2, 0.25) is 0 Å². The molecule has 0 saturated heterocycles. The van der Waals surface area contributed by atoms with Gasteiger partial charge in [0.15, 0.2) is 9.84 Å². The Balaban J connectivity index is 2.89. The molecule has 7 heteroatoms. The van der Waals surface area contributed by atoms with Crippen LogP contribution in [-0.4, -0.2) is 42.4 Å². The molecular weight excluding hydrogens is 282 g/mol. The number of aliphatic carboxylic acids is 1. The van der Waals surface area contributed by atoms with E-state index >= 15 is 0 Å². The van der Waals surface area contributed by atoms with Crippen LogP contribution in [0.5, 0.6) is 0 Å². The molecule has 0 aromatic rings. The highest BCUT2D eigenvalue weighted by atomic mass is 32.2. The minimum absolute atomic E-state index is 0.497. The van der Waals surface area contributed by atoms with Crippen LogP contribution in [0, 0.1) is 5.92 Å². The second-order valence-corrected chi connectivity index (χ2v) is 8.51. The number of carbonyl (C=O) groups is 2. The summed E-state index contributed by atoms with van der Waals surface area (Å²) in [6, 6.07) is -0.497. The van der Waals surface area contributed by atoms with Gasteiger partial charge >= 0.3 is 5.97 Å². The Kier molecular flexibility index (Phi) is 5.18. The molecular formula is C13H23NO5S. The number of hydrogen-bond donors (Lipinski definition) is 2. The third kappa shape index (κ3) is 3.71. The monoisotopic (exact) mass is 305 g/mol. The normalized spacial score (nSPS) is 24.8. The van der Waals surface area contributed by atoms with Crippen molar-refractivity contribution in [3.8, 4) is 0 Å². The van der Waals surface area contributed by atoms with Gasteiger partial charge < -0.3 is 10.4 Å². The SMILES string of the molecule is CC(C)(C(=O)NC1CCCCCC1C(=O)O)S(C)(=O)=O. The van der Waals surface area contributed by atoms with Gasteiger partial charge in [-0.05, 0) is 26.7 Å². The first-order valence-electron chi connectivity index (χ1n) is 6.80. The number of carbonyl (C=O) groups excluding carboxylic acids is 1. The Labute approximate surface area is 119 Å². The highest BCUT2D eigenvalue weighted by Crippen LogP contribution is 2.25. The number of amides is 1. The fraction of sp³-hybridized carbons (Fsp3) is 0.846. The Hall–Kier alpha value is -1.11. The summed E-state index contributed by atoms with van der Waals surface area (Å²) in [4.78, 5) is 23.5. The number of nitrogens with one attached hydrogen (secondary N) is 1.